The Hall–Kier alpha value is -2.92. The summed E-state index contributed by atoms with van der Waals surface area (Å²) >= 11 is 6.28. The molecular formula is C20H20ClN5. The Kier molecular flexibility index (Phi) is 5.49. The van der Waals surface area contributed by atoms with Gasteiger partial charge in [0.15, 0.2) is 0 Å². The van der Waals surface area contributed by atoms with E-state index in [9.17, 15) is 0 Å². The van der Waals surface area contributed by atoms with Crippen LogP contribution < -0.4 is 11.5 Å². The van der Waals surface area contributed by atoms with Crippen LogP contribution in [-0.4, -0.2) is 15.8 Å². The maximum atomic E-state index is 7.83. The first-order chi connectivity index (χ1) is 12.6. The van der Waals surface area contributed by atoms with Crippen LogP contribution in [0, 0.1) is 5.41 Å². The third kappa shape index (κ3) is 4.00. The zero-order chi connectivity index (χ0) is 18.5. The van der Waals surface area contributed by atoms with Crippen LogP contribution in [0.2, 0.25) is 5.02 Å². The van der Waals surface area contributed by atoms with Crippen LogP contribution in [0.25, 0.3) is 11.3 Å². The molecule has 0 amide bonds. The van der Waals surface area contributed by atoms with Crippen molar-refractivity contribution in [2.75, 3.05) is 5.73 Å². The van der Waals surface area contributed by atoms with Crippen LogP contribution in [0.4, 0.5) is 5.69 Å². The summed E-state index contributed by atoms with van der Waals surface area (Å²) in [5.74, 6) is -0.0672. The van der Waals surface area contributed by atoms with Crippen LogP contribution in [0.15, 0.2) is 54.9 Å². The highest BCUT2D eigenvalue weighted by Gasteiger charge is 2.14. The van der Waals surface area contributed by atoms with Gasteiger partial charge in [0.2, 0.25) is 0 Å². The molecule has 132 valence electrons. The van der Waals surface area contributed by atoms with E-state index in [-0.39, 0.29) is 5.84 Å². The van der Waals surface area contributed by atoms with E-state index in [0.29, 0.717) is 22.0 Å². The summed E-state index contributed by atoms with van der Waals surface area (Å²) in [6.07, 6.45) is 5.97. The Morgan fingerprint density at radius 1 is 1.04 bits per heavy atom. The number of pyridine rings is 2. The number of hydrogen-bond donors (Lipinski definition) is 3. The van der Waals surface area contributed by atoms with Gasteiger partial charge in [-0.15, -0.1) is 0 Å². The van der Waals surface area contributed by atoms with Gasteiger partial charge in [-0.25, -0.2) is 0 Å². The van der Waals surface area contributed by atoms with E-state index < -0.39 is 0 Å². The number of aromatic nitrogens is 2. The molecule has 1 aromatic carbocycles. The van der Waals surface area contributed by atoms with Gasteiger partial charge in [-0.1, -0.05) is 17.7 Å². The lowest BCUT2D eigenvalue weighted by molar-refractivity contribution is 0.800. The molecule has 0 saturated heterocycles. The molecule has 0 aliphatic heterocycles. The van der Waals surface area contributed by atoms with Crippen molar-refractivity contribution in [3.8, 4) is 11.3 Å². The van der Waals surface area contributed by atoms with Crippen LogP contribution in [-0.2, 0) is 12.8 Å². The molecule has 5 N–H and O–H groups in total. The quantitative estimate of drug-likeness (QED) is 0.351. The van der Waals surface area contributed by atoms with Gasteiger partial charge in [-0.2, -0.15) is 0 Å². The number of anilines is 1. The molecule has 0 atom stereocenters. The number of nitrogens with one attached hydrogen (secondary N) is 1. The third-order valence-corrected chi connectivity index (χ3v) is 4.50. The number of benzene rings is 1. The minimum atomic E-state index is -0.0672. The topological polar surface area (TPSA) is 102 Å². The molecule has 0 spiro atoms. The molecule has 26 heavy (non-hydrogen) atoms. The summed E-state index contributed by atoms with van der Waals surface area (Å²) in [6.45, 7) is 0. The van der Waals surface area contributed by atoms with E-state index in [4.69, 9.17) is 28.5 Å². The summed E-state index contributed by atoms with van der Waals surface area (Å²) in [7, 11) is 0. The Bertz CT molecular complexity index is 925. The minimum Gasteiger partial charge on any atom is -0.398 e. The van der Waals surface area contributed by atoms with E-state index >= 15 is 0 Å². The van der Waals surface area contributed by atoms with Crippen molar-refractivity contribution in [3.63, 3.8) is 0 Å². The van der Waals surface area contributed by atoms with Crippen molar-refractivity contribution in [1.29, 1.82) is 5.41 Å². The summed E-state index contributed by atoms with van der Waals surface area (Å²) in [5.41, 5.74) is 16.5. The fraction of sp³-hybridized carbons (Fsp3) is 0.150. The lowest BCUT2D eigenvalue weighted by Gasteiger charge is -2.14. The van der Waals surface area contributed by atoms with Gasteiger partial charge < -0.3 is 11.5 Å². The second kappa shape index (κ2) is 7.97. The third-order valence-electron chi connectivity index (χ3n) is 4.19. The zero-order valence-corrected chi connectivity index (χ0v) is 15.0. The minimum absolute atomic E-state index is 0.0672. The van der Waals surface area contributed by atoms with Crippen LogP contribution in [0.5, 0.6) is 0 Å². The van der Waals surface area contributed by atoms with Gasteiger partial charge in [0.25, 0.3) is 0 Å². The molecule has 0 saturated carbocycles. The number of hydrogen-bond acceptors (Lipinski definition) is 4. The number of nitrogens with zero attached hydrogens (tertiary/aromatic N) is 2. The van der Waals surface area contributed by atoms with Crippen molar-refractivity contribution in [3.05, 3.63) is 76.7 Å². The number of halogens is 1. The molecule has 0 unspecified atom stereocenters. The van der Waals surface area contributed by atoms with Gasteiger partial charge in [-0.05, 0) is 61.2 Å². The highest BCUT2D eigenvalue weighted by atomic mass is 35.5. The first-order valence-corrected chi connectivity index (χ1v) is 8.71. The maximum Gasteiger partial charge on any atom is 0.124 e. The first-order valence-electron chi connectivity index (χ1n) is 8.34. The number of amidine groups is 1. The van der Waals surface area contributed by atoms with Crippen molar-refractivity contribution >= 4 is 23.1 Å². The van der Waals surface area contributed by atoms with Crippen LogP contribution >= 0.6 is 11.6 Å². The number of rotatable bonds is 6. The second-order valence-electron chi connectivity index (χ2n) is 6.02. The largest absolute Gasteiger partial charge is 0.398 e. The standard InChI is InChI=1S/C20H20ClN5/c21-17-8-4-10-26-19(17)14-11-13(18(22)16(12-14)20(23)24)5-3-7-15-6-1-2-9-25-15/h1-2,4,6,8-12H,3,5,7,22H2,(H3,23,24). The highest BCUT2D eigenvalue weighted by molar-refractivity contribution is 6.33. The van der Waals surface area contributed by atoms with Crippen LogP contribution in [0.1, 0.15) is 23.2 Å². The monoisotopic (exact) mass is 365 g/mol. The molecule has 0 radical (unpaired) electrons. The van der Waals surface area contributed by atoms with Gasteiger partial charge in [0, 0.05) is 34.9 Å². The second-order valence-corrected chi connectivity index (χ2v) is 6.43. The van der Waals surface area contributed by atoms with E-state index in [1.807, 2.05) is 24.3 Å². The number of nitrogens with two attached hydrogens (primary N) is 2. The first kappa shape index (κ1) is 17.9. The molecular weight excluding hydrogens is 346 g/mol. The van der Waals surface area contributed by atoms with E-state index in [0.717, 1.165) is 36.1 Å². The average molecular weight is 366 g/mol. The molecule has 6 heteroatoms. The summed E-state index contributed by atoms with van der Waals surface area (Å²) in [5, 5.41) is 8.38. The smallest absolute Gasteiger partial charge is 0.124 e. The molecule has 0 aliphatic carbocycles. The molecule has 3 aromatic rings. The maximum absolute atomic E-state index is 7.83. The van der Waals surface area contributed by atoms with Crippen molar-refractivity contribution in [2.45, 2.75) is 19.3 Å². The lowest BCUT2D eigenvalue weighted by atomic mass is 9.96. The highest BCUT2D eigenvalue weighted by Crippen LogP contribution is 2.31. The molecule has 5 nitrogen and oxygen atoms in total. The van der Waals surface area contributed by atoms with Crippen molar-refractivity contribution in [1.82, 2.24) is 9.97 Å². The molecule has 3 rings (SSSR count). The number of aryl methyl sites for hydroxylation is 2. The van der Waals surface area contributed by atoms with Crippen molar-refractivity contribution < 1.29 is 0 Å². The molecule has 0 fully saturated rings. The predicted molar refractivity (Wildman–Crippen MR) is 106 cm³/mol. The Labute approximate surface area is 157 Å². The van der Waals surface area contributed by atoms with Crippen molar-refractivity contribution in [2.24, 2.45) is 5.73 Å². The van der Waals surface area contributed by atoms with E-state index in [1.54, 1.807) is 30.6 Å². The van der Waals surface area contributed by atoms with Crippen LogP contribution in [0.3, 0.4) is 0 Å². The summed E-state index contributed by atoms with van der Waals surface area (Å²) < 4.78 is 0. The molecule has 0 aliphatic rings. The normalized spacial score (nSPS) is 10.7. The lowest BCUT2D eigenvalue weighted by Crippen LogP contribution is -2.15. The Morgan fingerprint density at radius 2 is 1.85 bits per heavy atom. The molecule has 0 bridgehead atoms. The summed E-state index contributed by atoms with van der Waals surface area (Å²) in [4.78, 5) is 8.70. The molecule has 2 aromatic heterocycles. The Morgan fingerprint density at radius 3 is 2.54 bits per heavy atom. The predicted octanol–water partition coefficient (Wildman–Crippen LogP) is 3.84. The summed E-state index contributed by atoms with van der Waals surface area (Å²) in [6, 6.07) is 13.2. The molecule has 2 heterocycles. The fourth-order valence-electron chi connectivity index (χ4n) is 2.88. The van der Waals surface area contributed by atoms with Gasteiger partial charge in [0.1, 0.15) is 5.84 Å². The van der Waals surface area contributed by atoms with E-state index in [2.05, 4.69) is 9.97 Å². The zero-order valence-electron chi connectivity index (χ0n) is 14.2. The van der Waals surface area contributed by atoms with Gasteiger partial charge >= 0.3 is 0 Å². The number of nitrogen functional groups attached to an aromatic ring is 2. The van der Waals surface area contributed by atoms with Gasteiger partial charge in [0.05, 0.1) is 10.7 Å². The Balaban J connectivity index is 1.91. The SMILES string of the molecule is N=C(N)c1cc(-c2ncccc2Cl)cc(CCCc2ccccn2)c1N. The van der Waals surface area contributed by atoms with E-state index in [1.165, 1.54) is 0 Å². The average Bonchev–Trinajstić information content (AvgIpc) is 2.64. The van der Waals surface area contributed by atoms with Gasteiger partial charge in [-0.3, -0.25) is 15.4 Å². The fourth-order valence-corrected chi connectivity index (χ4v) is 3.11.